The Labute approximate surface area is 106 Å². The van der Waals surface area contributed by atoms with E-state index in [0.717, 1.165) is 0 Å². The van der Waals surface area contributed by atoms with E-state index >= 15 is 0 Å². The van der Waals surface area contributed by atoms with Crippen molar-refractivity contribution in [3.05, 3.63) is 51.3 Å². The zero-order chi connectivity index (χ0) is 13.1. The lowest BCUT2D eigenvalue weighted by Gasteiger charge is -2.05. The lowest BCUT2D eigenvalue weighted by molar-refractivity contribution is -0.384. The maximum Gasteiger partial charge on any atom is 0.271 e. The van der Waals surface area contributed by atoms with Gasteiger partial charge in [-0.05, 0) is 6.07 Å². The average Bonchev–Trinajstić information content (AvgIpc) is 2.85. The zero-order valence-electron chi connectivity index (χ0n) is 8.88. The molecule has 0 spiro atoms. The molecule has 2 aromatic rings. The molecule has 2 N–H and O–H groups in total. The summed E-state index contributed by atoms with van der Waals surface area (Å²) in [6.45, 7) is 0. The lowest BCUT2D eigenvalue weighted by atomic mass is 10.2. The number of hydrogen-bond acceptors (Lipinski definition) is 4. The molecule has 7 nitrogen and oxygen atoms in total. The second-order valence-corrected chi connectivity index (χ2v) is 3.77. The van der Waals surface area contributed by atoms with E-state index < -0.39 is 10.8 Å². The summed E-state index contributed by atoms with van der Waals surface area (Å²) in [6, 6.07) is 3.81. The van der Waals surface area contributed by atoms with Crippen LogP contribution < -0.4 is 5.32 Å². The number of anilines is 1. The molecular weight excluding hydrogens is 260 g/mol. The van der Waals surface area contributed by atoms with Gasteiger partial charge in [-0.2, -0.15) is 5.10 Å². The number of nitro groups is 1. The number of carbonyl (C=O) groups is 1. The first kappa shape index (κ1) is 12.1. The molecule has 0 unspecified atom stereocenters. The fourth-order valence-electron chi connectivity index (χ4n) is 1.29. The maximum atomic E-state index is 11.7. The Morgan fingerprint density at radius 2 is 2.28 bits per heavy atom. The number of benzene rings is 1. The van der Waals surface area contributed by atoms with Crippen LogP contribution in [-0.2, 0) is 0 Å². The minimum absolute atomic E-state index is 0.0982. The minimum Gasteiger partial charge on any atom is -0.321 e. The van der Waals surface area contributed by atoms with Crippen LogP contribution in [0.3, 0.4) is 0 Å². The molecule has 1 aromatic heterocycles. The van der Waals surface area contributed by atoms with Crippen molar-refractivity contribution in [2.24, 2.45) is 0 Å². The average molecular weight is 267 g/mol. The van der Waals surface area contributed by atoms with Crippen LogP contribution in [0.5, 0.6) is 0 Å². The Balaban J connectivity index is 2.20. The van der Waals surface area contributed by atoms with Gasteiger partial charge >= 0.3 is 0 Å². The summed E-state index contributed by atoms with van der Waals surface area (Å²) in [6.07, 6.45) is 2.78. The summed E-state index contributed by atoms with van der Waals surface area (Å²) in [7, 11) is 0. The number of rotatable bonds is 3. The number of H-pyrrole nitrogens is 1. The van der Waals surface area contributed by atoms with E-state index in [1.807, 2.05) is 0 Å². The molecule has 0 fully saturated rings. The largest absolute Gasteiger partial charge is 0.321 e. The van der Waals surface area contributed by atoms with Crippen molar-refractivity contribution >= 4 is 28.9 Å². The highest BCUT2D eigenvalue weighted by Crippen LogP contribution is 2.26. The van der Waals surface area contributed by atoms with E-state index in [1.165, 1.54) is 30.6 Å². The molecule has 1 amide bonds. The molecule has 2 rings (SSSR count). The first-order valence-corrected chi connectivity index (χ1v) is 5.20. The van der Waals surface area contributed by atoms with Gasteiger partial charge < -0.3 is 5.32 Å². The Kier molecular flexibility index (Phi) is 3.24. The SMILES string of the molecule is O=C(Nc1ccc([N+](=O)[O-])cc1Cl)c1cn[nH]c1. The number of amides is 1. The molecule has 0 saturated heterocycles. The molecule has 18 heavy (non-hydrogen) atoms. The fraction of sp³-hybridized carbons (Fsp3) is 0. The number of aromatic nitrogens is 2. The Morgan fingerprint density at radius 3 is 2.83 bits per heavy atom. The molecule has 0 saturated carbocycles. The van der Waals surface area contributed by atoms with Crippen LogP contribution in [0.4, 0.5) is 11.4 Å². The van der Waals surface area contributed by atoms with Crippen LogP contribution in [0.15, 0.2) is 30.6 Å². The van der Waals surface area contributed by atoms with Gasteiger partial charge in [-0.25, -0.2) is 0 Å². The van der Waals surface area contributed by atoms with Crippen molar-refractivity contribution in [1.82, 2.24) is 10.2 Å². The van der Waals surface area contributed by atoms with Crippen molar-refractivity contribution in [1.29, 1.82) is 0 Å². The third-order valence-electron chi connectivity index (χ3n) is 2.17. The van der Waals surface area contributed by atoms with Crippen molar-refractivity contribution in [2.45, 2.75) is 0 Å². The van der Waals surface area contributed by atoms with Gasteiger partial charge in [0, 0.05) is 18.3 Å². The van der Waals surface area contributed by atoms with E-state index in [1.54, 1.807) is 0 Å². The molecule has 92 valence electrons. The van der Waals surface area contributed by atoms with Gasteiger partial charge in [-0.3, -0.25) is 20.0 Å². The van der Waals surface area contributed by atoms with Gasteiger partial charge in [-0.1, -0.05) is 11.6 Å². The fourth-order valence-corrected chi connectivity index (χ4v) is 1.51. The summed E-state index contributed by atoms with van der Waals surface area (Å²) in [5.41, 5.74) is 0.499. The van der Waals surface area contributed by atoms with Crippen LogP contribution in [0.25, 0.3) is 0 Å². The van der Waals surface area contributed by atoms with Gasteiger partial charge in [0.2, 0.25) is 0 Å². The summed E-state index contributed by atoms with van der Waals surface area (Å²) in [5.74, 6) is -0.403. The van der Waals surface area contributed by atoms with Crippen LogP contribution in [-0.4, -0.2) is 21.0 Å². The zero-order valence-corrected chi connectivity index (χ0v) is 9.64. The topological polar surface area (TPSA) is 101 Å². The highest BCUT2D eigenvalue weighted by atomic mass is 35.5. The van der Waals surface area contributed by atoms with Gasteiger partial charge in [0.15, 0.2) is 0 Å². The van der Waals surface area contributed by atoms with Crippen molar-refractivity contribution in [3.8, 4) is 0 Å². The molecule has 1 aromatic carbocycles. The molecular formula is C10H7ClN4O3. The van der Waals surface area contributed by atoms with Crippen LogP contribution in [0, 0.1) is 10.1 Å². The number of hydrogen-bond donors (Lipinski definition) is 2. The van der Waals surface area contributed by atoms with Crippen LogP contribution >= 0.6 is 11.6 Å². The van der Waals surface area contributed by atoms with Gasteiger partial charge in [0.05, 0.1) is 27.4 Å². The van der Waals surface area contributed by atoms with Crippen molar-refractivity contribution in [3.63, 3.8) is 0 Å². The van der Waals surface area contributed by atoms with Gasteiger partial charge in [0.25, 0.3) is 11.6 Å². The monoisotopic (exact) mass is 266 g/mol. The molecule has 0 bridgehead atoms. The molecule has 1 heterocycles. The predicted molar refractivity (Wildman–Crippen MR) is 64.6 cm³/mol. The number of nitrogens with one attached hydrogen (secondary N) is 2. The van der Waals surface area contributed by atoms with Crippen LogP contribution in [0.1, 0.15) is 10.4 Å². The molecule has 0 atom stereocenters. The normalized spacial score (nSPS) is 10.1. The minimum atomic E-state index is -0.562. The standard InChI is InChI=1S/C10H7ClN4O3/c11-8-3-7(15(17)18)1-2-9(8)14-10(16)6-4-12-13-5-6/h1-5H,(H,12,13)(H,14,16). The molecule has 0 aliphatic carbocycles. The summed E-state index contributed by atoms with van der Waals surface area (Å²) < 4.78 is 0. The first-order valence-electron chi connectivity index (χ1n) is 4.82. The highest BCUT2D eigenvalue weighted by Gasteiger charge is 2.12. The predicted octanol–water partition coefficient (Wildman–Crippen LogP) is 2.22. The molecule has 0 aliphatic heterocycles. The van der Waals surface area contributed by atoms with E-state index in [0.29, 0.717) is 11.3 Å². The molecule has 0 aliphatic rings. The van der Waals surface area contributed by atoms with E-state index in [9.17, 15) is 14.9 Å². The van der Waals surface area contributed by atoms with Gasteiger partial charge in [-0.15, -0.1) is 0 Å². The number of aromatic amines is 1. The van der Waals surface area contributed by atoms with E-state index in [-0.39, 0.29) is 10.7 Å². The third-order valence-corrected chi connectivity index (χ3v) is 2.48. The number of nitrogens with zero attached hydrogens (tertiary/aromatic N) is 2. The summed E-state index contributed by atoms with van der Waals surface area (Å²) >= 11 is 5.84. The smallest absolute Gasteiger partial charge is 0.271 e. The summed E-state index contributed by atoms with van der Waals surface area (Å²) in [5, 5.41) is 19.3. The summed E-state index contributed by atoms with van der Waals surface area (Å²) in [4.78, 5) is 21.6. The van der Waals surface area contributed by atoms with E-state index in [4.69, 9.17) is 11.6 Å². The van der Waals surface area contributed by atoms with Crippen LogP contribution in [0.2, 0.25) is 5.02 Å². The van der Waals surface area contributed by atoms with E-state index in [2.05, 4.69) is 15.5 Å². The first-order chi connectivity index (χ1) is 8.58. The molecule has 0 radical (unpaired) electrons. The highest BCUT2D eigenvalue weighted by molar-refractivity contribution is 6.34. The third kappa shape index (κ3) is 2.46. The number of halogens is 1. The second-order valence-electron chi connectivity index (χ2n) is 3.36. The Morgan fingerprint density at radius 1 is 1.50 bits per heavy atom. The van der Waals surface area contributed by atoms with Crippen molar-refractivity contribution < 1.29 is 9.72 Å². The number of carbonyl (C=O) groups excluding carboxylic acids is 1. The maximum absolute atomic E-state index is 11.7. The number of non-ortho nitro benzene ring substituents is 1. The molecule has 8 heteroatoms. The Bertz CT molecular complexity index is 597. The quantitative estimate of drug-likeness (QED) is 0.657. The lowest BCUT2D eigenvalue weighted by Crippen LogP contribution is -2.11. The van der Waals surface area contributed by atoms with Gasteiger partial charge in [0.1, 0.15) is 0 Å². The van der Waals surface area contributed by atoms with Crippen molar-refractivity contribution in [2.75, 3.05) is 5.32 Å². The Hall–Kier alpha value is -2.41. The number of nitro benzene ring substituents is 1. The second kappa shape index (κ2) is 4.84.